The average Bonchev–Trinajstić information content (AvgIpc) is 3.00. The van der Waals surface area contributed by atoms with Gasteiger partial charge in [0.1, 0.15) is 11.6 Å². The fraction of sp³-hybridized carbons (Fsp3) is 0.0556. The molecule has 0 aliphatic rings. The first kappa shape index (κ1) is 17.7. The van der Waals surface area contributed by atoms with Gasteiger partial charge in [-0.05, 0) is 86.8 Å². The number of rotatable bonds is 3. The van der Waals surface area contributed by atoms with E-state index in [0.717, 1.165) is 5.56 Å². The maximum absolute atomic E-state index is 13.2. The zero-order chi connectivity index (χ0) is 18.1. The van der Waals surface area contributed by atoms with Crippen LogP contribution in [0, 0.1) is 12.7 Å². The van der Waals surface area contributed by atoms with Gasteiger partial charge in [0.25, 0.3) is 5.91 Å². The summed E-state index contributed by atoms with van der Waals surface area (Å²) in [5.74, 6) is -0.138. The van der Waals surface area contributed by atoms with Crippen LogP contribution in [-0.4, -0.2) is 5.91 Å². The Morgan fingerprint density at radius 2 is 1.88 bits per heavy atom. The van der Waals surface area contributed by atoms with Gasteiger partial charge in [0, 0.05) is 20.2 Å². The van der Waals surface area contributed by atoms with E-state index in [1.54, 1.807) is 30.3 Å². The Balaban J connectivity index is 1.86. The van der Waals surface area contributed by atoms with Crippen LogP contribution >= 0.6 is 31.9 Å². The summed E-state index contributed by atoms with van der Waals surface area (Å²) in [6.45, 7) is 1.85. The minimum atomic E-state index is -0.391. The van der Waals surface area contributed by atoms with E-state index in [0.29, 0.717) is 31.6 Å². The number of hydrogen-bond donors (Lipinski definition) is 2. The molecule has 0 fully saturated rings. The third kappa shape index (κ3) is 3.77. The summed E-state index contributed by atoms with van der Waals surface area (Å²) in [4.78, 5) is 12.5. The van der Waals surface area contributed by atoms with Crippen LogP contribution in [-0.2, 0) is 0 Å². The molecule has 4 nitrogen and oxygen atoms in total. The van der Waals surface area contributed by atoms with Crippen LogP contribution in [0.3, 0.4) is 0 Å². The molecule has 0 spiro atoms. The van der Waals surface area contributed by atoms with Crippen molar-refractivity contribution in [1.29, 1.82) is 0 Å². The van der Waals surface area contributed by atoms with Gasteiger partial charge in [0.2, 0.25) is 0 Å². The SMILES string of the molecule is Cc1cc(N)cc(Br)c1NC(=O)c1ccc(-c2ccc(F)cc2Br)o1. The molecule has 3 rings (SSSR count). The van der Waals surface area contributed by atoms with Gasteiger partial charge >= 0.3 is 0 Å². The molecule has 0 radical (unpaired) electrons. The summed E-state index contributed by atoms with van der Waals surface area (Å²) in [7, 11) is 0. The van der Waals surface area contributed by atoms with Gasteiger partial charge in [0.15, 0.2) is 5.76 Å². The molecule has 0 aliphatic carbocycles. The van der Waals surface area contributed by atoms with Gasteiger partial charge in [-0.15, -0.1) is 0 Å². The topological polar surface area (TPSA) is 68.3 Å². The normalized spacial score (nSPS) is 10.7. The zero-order valence-electron chi connectivity index (χ0n) is 13.1. The maximum atomic E-state index is 13.2. The van der Waals surface area contributed by atoms with Crippen molar-refractivity contribution in [2.75, 3.05) is 11.1 Å². The van der Waals surface area contributed by atoms with E-state index in [1.807, 2.05) is 6.92 Å². The number of hydrogen-bond acceptors (Lipinski definition) is 3. The molecule has 3 aromatic rings. The Kier molecular flexibility index (Phi) is 4.96. The second-order valence-corrected chi connectivity index (χ2v) is 7.15. The van der Waals surface area contributed by atoms with Crippen LogP contribution in [0.25, 0.3) is 11.3 Å². The first-order chi connectivity index (χ1) is 11.8. The van der Waals surface area contributed by atoms with Crippen LogP contribution < -0.4 is 11.1 Å². The summed E-state index contributed by atoms with van der Waals surface area (Å²) in [5, 5.41) is 2.80. The van der Waals surface area contributed by atoms with E-state index >= 15 is 0 Å². The average molecular weight is 468 g/mol. The van der Waals surface area contributed by atoms with Gasteiger partial charge in [-0.1, -0.05) is 0 Å². The number of nitrogens with two attached hydrogens (primary N) is 1. The van der Waals surface area contributed by atoms with E-state index < -0.39 is 5.91 Å². The number of halogens is 3. The summed E-state index contributed by atoms with van der Waals surface area (Å²) in [6, 6.07) is 11.0. The Bertz CT molecular complexity index is 946. The molecular formula is C18H13Br2FN2O2. The smallest absolute Gasteiger partial charge is 0.291 e. The number of amides is 1. The van der Waals surface area contributed by atoms with E-state index in [2.05, 4.69) is 37.2 Å². The minimum Gasteiger partial charge on any atom is -0.451 e. The van der Waals surface area contributed by atoms with Crippen molar-refractivity contribution < 1.29 is 13.6 Å². The number of furan rings is 1. The molecule has 25 heavy (non-hydrogen) atoms. The molecule has 1 aromatic heterocycles. The third-order valence-electron chi connectivity index (χ3n) is 3.57. The van der Waals surface area contributed by atoms with Crippen LogP contribution in [0.4, 0.5) is 15.8 Å². The van der Waals surface area contributed by atoms with Gasteiger partial charge in [-0.25, -0.2) is 4.39 Å². The lowest BCUT2D eigenvalue weighted by atomic mass is 10.1. The zero-order valence-corrected chi connectivity index (χ0v) is 16.2. The molecule has 0 atom stereocenters. The van der Waals surface area contributed by atoms with Crippen LogP contribution in [0.5, 0.6) is 0 Å². The molecule has 0 saturated heterocycles. The van der Waals surface area contributed by atoms with Gasteiger partial charge in [-0.3, -0.25) is 4.79 Å². The highest BCUT2D eigenvalue weighted by Gasteiger charge is 2.16. The van der Waals surface area contributed by atoms with E-state index in [4.69, 9.17) is 10.2 Å². The van der Waals surface area contributed by atoms with Crippen LogP contribution in [0.15, 0.2) is 55.8 Å². The van der Waals surface area contributed by atoms with E-state index in [9.17, 15) is 9.18 Å². The Morgan fingerprint density at radius 1 is 1.12 bits per heavy atom. The van der Waals surface area contributed by atoms with Gasteiger partial charge < -0.3 is 15.5 Å². The number of aryl methyl sites for hydroxylation is 1. The molecule has 0 unspecified atom stereocenters. The van der Waals surface area contributed by atoms with Crippen molar-refractivity contribution in [1.82, 2.24) is 0 Å². The lowest BCUT2D eigenvalue weighted by Crippen LogP contribution is -2.12. The molecule has 1 amide bonds. The summed E-state index contributed by atoms with van der Waals surface area (Å²) in [6.07, 6.45) is 0. The van der Waals surface area contributed by atoms with Crippen molar-refractivity contribution >= 4 is 49.1 Å². The number of benzene rings is 2. The van der Waals surface area contributed by atoms with Crippen LogP contribution in [0.1, 0.15) is 16.1 Å². The van der Waals surface area contributed by atoms with E-state index in [1.165, 1.54) is 12.1 Å². The molecular weight excluding hydrogens is 455 g/mol. The molecule has 2 aromatic carbocycles. The monoisotopic (exact) mass is 466 g/mol. The number of carbonyl (C=O) groups excluding carboxylic acids is 1. The third-order valence-corrected chi connectivity index (χ3v) is 4.86. The Morgan fingerprint density at radius 3 is 2.56 bits per heavy atom. The first-order valence-corrected chi connectivity index (χ1v) is 8.86. The highest BCUT2D eigenvalue weighted by Crippen LogP contribution is 2.32. The molecule has 0 bridgehead atoms. The van der Waals surface area contributed by atoms with Crippen molar-refractivity contribution in [2.24, 2.45) is 0 Å². The second-order valence-electron chi connectivity index (χ2n) is 5.44. The predicted molar refractivity (Wildman–Crippen MR) is 103 cm³/mol. The lowest BCUT2D eigenvalue weighted by molar-refractivity contribution is 0.0997. The Hall–Kier alpha value is -2.12. The van der Waals surface area contributed by atoms with E-state index in [-0.39, 0.29) is 11.6 Å². The summed E-state index contributed by atoms with van der Waals surface area (Å²) in [5.41, 5.74) is 8.48. The van der Waals surface area contributed by atoms with Crippen molar-refractivity contribution in [3.8, 4) is 11.3 Å². The van der Waals surface area contributed by atoms with Crippen molar-refractivity contribution in [2.45, 2.75) is 6.92 Å². The first-order valence-electron chi connectivity index (χ1n) is 7.27. The van der Waals surface area contributed by atoms with Crippen LogP contribution in [0.2, 0.25) is 0 Å². The molecule has 3 N–H and O–H groups in total. The van der Waals surface area contributed by atoms with Crippen molar-refractivity contribution in [3.63, 3.8) is 0 Å². The van der Waals surface area contributed by atoms with Gasteiger partial charge in [0.05, 0.1) is 5.69 Å². The fourth-order valence-electron chi connectivity index (χ4n) is 2.40. The minimum absolute atomic E-state index is 0.148. The Labute approximate surface area is 160 Å². The largest absolute Gasteiger partial charge is 0.451 e. The van der Waals surface area contributed by atoms with Gasteiger partial charge in [-0.2, -0.15) is 0 Å². The van der Waals surface area contributed by atoms with Crippen molar-refractivity contribution in [3.05, 3.63) is 68.6 Å². The second kappa shape index (κ2) is 7.01. The molecule has 0 saturated carbocycles. The molecule has 7 heteroatoms. The molecule has 128 valence electrons. The molecule has 0 aliphatic heterocycles. The molecule has 1 heterocycles. The summed E-state index contributed by atoms with van der Waals surface area (Å²) >= 11 is 6.68. The lowest BCUT2D eigenvalue weighted by Gasteiger charge is -2.10. The number of nitrogens with one attached hydrogen (secondary N) is 1. The summed E-state index contributed by atoms with van der Waals surface area (Å²) < 4.78 is 20.1. The highest BCUT2D eigenvalue weighted by atomic mass is 79.9. The number of carbonyl (C=O) groups is 1. The number of anilines is 2. The standard InChI is InChI=1S/C18H13Br2FN2O2/c1-9-6-11(22)8-14(20)17(9)23-18(24)16-5-4-15(25-16)12-3-2-10(21)7-13(12)19/h2-8H,22H2,1H3,(H,23,24). The highest BCUT2D eigenvalue weighted by molar-refractivity contribution is 9.11. The maximum Gasteiger partial charge on any atom is 0.291 e. The fourth-order valence-corrected chi connectivity index (χ4v) is 3.62. The predicted octanol–water partition coefficient (Wildman–Crippen LogP) is 5.75. The quantitative estimate of drug-likeness (QED) is 0.481. The number of nitrogen functional groups attached to an aromatic ring is 1.